The maximum Gasteiger partial charge on any atom is 0.205 e. The van der Waals surface area contributed by atoms with E-state index in [9.17, 15) is 0 Å². The van der Waals surface area contributed by atoms with Gasteiger partial charge in [-0.1, -0.05) is 55.5 Å². The summed E-state index contributed by atoms with van der Waals surface area (Å²) in [6, 6.07) is 16.6. The molecule has 0 unspecified atom stereocenters. The van der Waals surface area contributed by atoms with Crippen LogP contribution < -0.4 is 5.73 Å². The van der Waals surface area contributed by atoms with E-state index < -0.39 is 0 Å². The second kappa shape index (κ2) is 8.46. The normalized spacial score (nSPS) is 11.4. The number of tetrazole rings is 1. The van der Waals surface area contributed by atoms with Crippen molar-refractivity contribution in [1.29, 1.82) is 0 Å². The number of nitrogen functional groups attached to an aromatic ring is 1. The molecule has 0 aliphatic rings. The Morgan fingerprint density at radius 2 is 1.73 bits per heavy atom. The molecule has 3 aromatic heterocycles. The van der Waals surface area contributed by atoms with E-state index in [0.29, 0.717) is 12.4 Å². The van der Waals surface area contributed by atoms with Crippen molar-refractivity contribution in [2.75, 3.05) is 5.73 Å². The zero-order valence-electron chi connectivity index (χ0n) is 19.0. The van der Waals surface area contributed by atoms with Crippen molar-refractivity contribution in [3.63, 3.8) is 0 Å². The lowest BCUT2D eigenvalue weighted by Crippen LogP contribution is -2.07. The van der Waals surface area contributed by atoms with Gasteiger partial charge in [-0.25, -0.2) is 9.97 Å². The topological polar surface area (TPSA) is 111 Å². The monoisotopic (exact) mass is 438 g/mol. The number of rotatable bonds is 6. The maximum atomic E-state index is 6.23. The number of aromatic nitrogens is 7. The van der Waals surface area contributed by atoms with Crippen molar-refractivity contribution in [3.8, 4) is 22.5 Å². The van der Waals surface area contributed by atoms with Gasteiger partial charge in [-0.2, -0.15) is 5.21 Å². The molecule has 0 aliphatic carbocycles. The number of aryl methyl sites for hydroxylation is 3. The fourth-order valence-electron chi connectivity index (χ4n) is 4.23. The van der Waals surface area contributed by atoms with Crippen LogP contribution in [0, 0.1) is 13.8 Å². The predicted octanol–water partition coefficient (Wildman–Crippen LogP) is 4.48. The summed E-state index contributed by atoms with van der Waals surface area (Å²) in [6.07, 6.45) is 1.91. The Labute approximate surface area is 191 Å². The third-order valence-corrected chi connectivity index (χ3v) is 6.04. The number of anilines is 1. The number of nitrogens with zero attached hydrogens (tertiary/aromatic N) is 6. The smallest absolute Gasteiger partial charge is 0.205 e. The zero-order chi connectivity index (χ0) is 22.9. The number of imidazole rings is 1. The van der Waals surface area contributed by atoms with Crippen LogP contribution in [0.5, 0.6) is 0 Å². The van der Waals surface area contributed by atoms with Crippen molar-refractivity contribution in [2.24, 2.45) is 0 Å². The first-order valence-electron chi connectivity index (χ1n) is 11.1. The summed E-state index contributed by atoms with van der Waals surface area (Å²) in [4.78, 5) is 9.70. The molecule has 33 heavy (non-hydrogen) atoms. The molecule has 3 N–H and O–H groups in total. The first-order valence-corrected chi connectivity index (χ1v) is 11.1. The number of hydrogen-bond acceptors (Lipinski definition) is 6. The quantitative estimate of drug-likeness (QED) is 0.404. The van der Waals surface area contributed by atoms with Crippen molar-refractivity contribution < 1.29 is 0 Å². The number of nitrogens with two attached hydrogens (primary N) is 1. The van der Waals surface area contributed by atoms with Crippen LogP contribution in [0.1, 0.15) is 36.0 Å². The van der Waals surface area contributed by atoms with Crippen molar-refractivity contribution in [1.82, 2.24) is 35.2 Å². The summed E-state index contributed by atoms with van der Waals surface area (Å²) in [5.74, 6) is 1.62. The van der Waals surface area contributed by atoms with Crippen molar-refractivity contribution in [2.45, 2.75) is 40.2 Å². The molecule has 0 saturated carbocycles. The highest BCUT2D eigenvalue weighted by Gasteiger charge is 2.17. The van der Waals surface area contributed by atoms with E-state index in [0.717, 1.165) is 63.5 Å². The molecule has 8 nitrogen and oxygen atoms in total. The molecule has 3 heterocycles. The van der Waals surface area contributed by atoms with Crippen LogP contribution >= 0.6 is 0 Å². The van der Waals surface area contributed by atoms with Crippen LogP contribution in [0.15, 0.2) is 48.5 Å². The molecule has 5 rings (SSSR count). The Morgan fingerprint density at radius 3 is 2.42 bits per heavy atom. The van der Waals surface area contributed by atoms with Gasteiger partial charge < -0.3 is 10.3 Å². The van der Waals surface area contributed by atoms with Gasteiger partial charge in [-0.3, -0.25) is 0 Å². The minimum absolute atomic E-state index is 0.583. The highest BCUT2D eigenvalue weighted by Crippen LogP contribution is 2.30. The Hall–Kier alpha value is -4.07. The van der Waals surface area contributed by atoms with Gasteiger partial charge in [0, 0.05) is 17.5 Å². The second-order valence-electron chi connectivity index (χ2n) is 8.25. The number of hydrogen-bond donors (Lipinski definition) is 2. The van der Waals surface area contributed by atoms with E-state index in [1.54, 1.807) is 0 Å². The number of pyridine rings is 1. The molecule has 5 aromatic rings. The van der Waals surface area contributed by atoms with E-state index in [1.807, 2.05) is 32.0 Å². The Morgan fingerprint density at radius 1 is 0.970 bits per heavy atom. The molecular weight excluding hydrogens is 412 g/mol. The minimum Gasteiger partial charge on any atom is -0.397 e. The molecule has 0 bridgehead atoms. The van der Waals surface area contributed by atoms with Gasteiger partial charge >= 0.3 is 0 Å². The van der Waals surface area contributed by atoms with Crippen LogP contribution in [0.2, 0.25) is 0 Å². The maximum absolute atomic E-state index is 6.23. The van der Waals surface area contributed by atoms with Gasteiger partial charge in [-0.15, -0.1) is 10.2 Å². The molecule has 0 amide bonds. The zero-order valence-corrected chi connectivity index (χ0v) is 19.0. The summed E-state index contributed by atoms with van der Waals surface area (Å²) in [5.41, 5.74) is 14.9. The van der Waals surface area contributed by atoms with Crippen LogP contribution in [-0.4, -0.2) is 35.2 Å². The predicted molar refractivity (Wildman–Crippen MR) is 130 cm³/mol. The van der Waals surface area contributed by atoms with E-state index in [-0.39, 0.29) is 0 Å². The molecule has 0 saturated heterocycles. The third-order valence-electron chi connectivity index (χ3n) is 6.04. The highest BCUT2D eigenvalue weighted by atomic mass is 15.5. The van der Waals surface area contributed by atoms with Crippen LogP contribution in [0.4, 0.5) is 5.69 Å². The first-order chi connectivity index (χ1) is 16.1. The number of fused-ring (bicyclic) bond motifs is 1. The third kappa shape index (κ3) is 3.73. The van der Waals surface area contributed by atoms with Crippen molar-refractivity contribution in [3.05, 3.63) is 71.2 Å². The lowest BCUT2D eigenvalue weighted by atomic mass is 9.98. The van der Waals surface area contributed by atoms with Crippen molar-refractivity contribution >= 4 is 16.9 Å². The lowest BCUT2D eigenvalue weighted by molar-refractivity contribution is 0.716. The number of benzene rings is 2. The Kier molecular flexibility index (Phi) is 5.34. The Balaban J connectivity index is 1.52. The summed E-state index contributed by atoms with van der Waals surface area (Å²) in [5, 5.41) is 14.5. The highest BCUT2D eigenvalue weighted by molar-refractivity contribution is 5.82. The molecule has 0 radical (unpaired) electrons. The van der Waals surface area contributed by atoms with Crippen LogP contribution in [0.25, 0.3) is 33.7 Å². The molecule has 0 fully saturated rings. The molecule has 0 atom stereocenters. The summed E-state index contributed by atoms with van der Waals surface area (Å²) in [6.45, 7) is 6.85. The average molecular weight is 439 g/mol. The molecule has 2 aromatic carbocycles. The van der Waals surface area contributed by atoms with E-state index in [2.05, 4.69) is 62.4 Å². The van der Waals surface area contributed by atoms with Gasteiger partial charge in [0.05, 0.1) is 17.9 Å². The fraction of sp³-hybridized carbons (Fsp3) is 0.240. The summed E-state index contributed by atoms with van der Waals surface area (Å²) in [7, 11) is 0. The molecule has 8 heteroatoms. The average Bonchev–Trinajstić information content (AvgIpc) is 3.48. The molecular formula is C25H26N8. The standard InChI is InChI=1S/C25H26N8/c1-4-7-21-28-23-15(2)22(26)16(3)27-25(23)33(21)14-17-10-12-18(13-11-17)19-8-5-6-9-20(19)24-29-31-32-30-24/h5-6,8-13H,4,7,14,26H2,1-3H3,(H,29,30,31,32). The van der Waals surface area contributed by atoms with Gasteiger partial charge in [-0.05, 0) is 42.2 Å². The lowest BCUT2D eigenvalue weighted by Gasteiger charge is -2.11. The van der Waals surface area contributed by atoms with Crippen LogP contribution in [-0.2, 0) is 13.0 Å². The molecule has 0 spiro atoms. The fourth-order valence-corrected chi connectivity index (χ4v) is 4.23. The number of nitrogens with one attached hydrogen (secondary N) is 1. The van der Waals surface area contributed by atoms with Gasteiger partial charge in [0.25, 0.3) is 0 Å². The number of aromatic amines is 1. The number of H-pyrrole nitrogens is 1. The summed E-state index contributed by atoms with van der Waals surface area (Å²) >= 11 is 0. The minimum atomic E-state index is 0.583. The molecule has 0 aliphatic heterocycles. The van der Waals surface area contributed by atoms with Gasteiger partial charge in [0.1, 0.15) is 11.3 Å². The van der Waals surface area contributed by atoms with E-state index in [1.165, 1.54) is 5.56 Å². The largest absolute Gasteiger partial charge is 0.397 e. The van der Waals surface area contributed by atoms with Crippen LogP contribution in [0.3, 0.4) is 0 Å². The first kappa shape index (κ1) is 20.8. The van der Waals surface area contributed by atoms with E-state index >= 15 is 0 Å². The van der Waals surface area contributed by atoms with Gasteiger partial charge in [0.2, 0.25) is 5.82 Å². The molecule has 166 valence electrons. The SMILES string of the molecule is CCCc1nc2c(C)c(N)c(C)nc2n1Cc1ccc(-c2ccccc2-c2nn[nH]n2)cc1. The Bertz CT molecular complexity index is 1420. The second-order valence-corrected chi connectivity index (χ2v) is 8.25. The van der Waals surface area contributed by atoms with E-state index in [4.69, 9.17) is 15.7 Å². The van der Waals surface area contributed by atoms with Gasteiger partial charge in [0.15, 0.2) is 5.65 Å². The summed E-state index contributed by atoms with van der Waals surface area (Å²) < 4.78 is 2.22.